The molecule has 2 aromatic rings. The summed E-state index contributed by atoms with van der Waals surface area (Å²) in [6, 6.07) is 8.28. The summed E-state index contributed by atoms with van der Waals surface area (Å²) in [5.41, 5.74) is 1.87. The van der Waals surface area contributed by atoms with E-state index in [9.17, 15) is 10.2 Å². The number of allylic oxidation sites excluding steroid dienone is 1. The Bertz CT molecular complexity index is 599. The van der Waals surface area contributed by atoms with Crippen LogP contribution in [-0.4, -0.2) is 22.4 Å². The summed E-state index contributed by atoms with van der Waals surface area (Å²) in [4.78, 5) is 0. The number of aliphatic hydroxyl groups is 2. The molecule has 0 saturated carbocycles. The smallest absolute Gasteiger partial charge is 0.105 e. The Morgan fingerprint density at radius 3 is 2.89 bits per heavy atom. The second-order valence-corrected chi connectivity index (χ2v) is 5.97. The average Bonchev–Trinajstić information content (AvgIpc) is 2.80. The minimum absolute atomic E-state index is 0.302. The fraction of sp³-hybridized carbons (Fsp3) is 0.333. The van der Waals surface area contributed by atoms with Gasteiger partial charge in [0.05, 0.1) is 6.10 Å². The van der Waals surface area contributed by atoms with Crippen molar-refractivity contribution in [2.45, 2.75) is 25.6 Å². The first-order valence-electron chi connectivity index (χ1n) is 6.20. The Kier molecular flexibility index (Phi) is 2.98. The molecular formula is C15H16O2S. The molecule has 1 heterocycles. The van der Waals surface area contributed by atoms with E-state index in [1.807, 2.05) is 6.07 Å². The van der Waals surface area contributed by atoms with E-state index >= 15 is 0 Å². The van der Waals surface area contributed by atoms with Crippen molar-refractivity contribution in [2.75, 3.05) is 0 Å². The quantitative estimate of drug-likeness (QED) is 0.827. The summed E-state index contributed by atoms with van der Waals surface area (Å²) in [6.07, 6.45) is 1.28. The third-order valence-corrected chi connectivity index (χ3v) is 4.44. The SMILES string of the molecule is CC1C=C(c2ccc3sccc3c2)C(O)C(O)C1. The van der Waals surface area contributed by atoms with Crippen molar-refractivity contribution in [1.82, 2.24) is 0 Å². The molecule has 3 heteroatoms. The van der Waals surface area contributed by atoms with Crippen LogP contribution < -0.4 is 0 Å². The van der Waals surface area contributed by atoms with E-state index in [0.717, 1.165) is 11.1 Å². The predicted molar refractivity (Wildman–Crippen MR) is 75.6 cm³/mol. The molecule has 3 unspecified atom stereocenters. The van der Waals surface area contributed by atoms with E-state index in [1.165, 1.54) is 10.1 Å². The maximum atomic E-state index is 10.1. The largest absolute Gasteiger partial charge is 0.390 e. The first-order chi connectivity index (χ1) is 8.65. The summed E-state index contributed by atoms with van der Waals surface area (Å²) < 4.78 is 1.25. The molecule has 0 bridgehead atoms. The van der Waals surface area contributed by atoms with Gasteiger partial charge >= 0.3 is 0 Å². The Morgan fingerprint density at radius 1 is 1.22 bits per heavy atom. The van der Waals surface area contributed by atoms with Crippen molar-refractivity contribution >= 4 is 27.0 Å². The lowest BCUT2D eigenvalue weighted by Crippen LogP contribution is -2.32. The van der Waals surface area contributed by atoms with Crippen LogP contribution in [0, 0.1) is 5.92 Å². The van der Waals surface area contributed by atoms with Gasteiger partial charge in [-0.15, -0.1) is 11.3 Å². The summed E-state index contributed by atoms with van der Waals surface area (Å²) in [5, 5.41) is 23.2. The monoisotopic (exact) mass is 260 g/mol. The van der Waals surface area contributed by atoms with Gasteiger partial charge in [0.2, 0.25) is 0 Å². The number of benzene rings is 1. The van der Waals surface area contributed by atoms with Gasteiger partial charge in [-0.05, 0) is 52.4 Å². The lowest BCUT2D eigenvalue weighted by Gasteiger charge is -2.28. The highest BCUT2D eigenvalue weighted by Crippen LogP contribution is 2.33. The van der Waals surface area contributed by atoms with Crippen molar-refractivity contribution in [2.24, 2.45) is 5.92 Å². The molecule has 1 aliphatic carbocycles. The van der Waals surface area contributed by atoms with Crippen molar-refractivity contribution < 1.29 is 10.2 Å². The average molecular weight is 260 g/mol. The van der Waals surface area contributed by atoms with E-state index in [-0.39, 0.29) is 0 Å². The van der Waals surface area contributed by atoms with Crippen LogP contribution in [0.1, 0.15) is 18.9 Å². The summed E-state index contributed by atoms with van der Waals surface area (Å²) in [5.74, 6) is 0.302. The third kappa shape index (κ3) is 1.99. The number of hydrogen-bond acceptors (Lipinski definition) is 3. The number of rotatable bonds is 1. The molecule has 0 amide bonds. The first-order valence-corrected chi connectivity index (χ1v) is 7.08. The van der Waals surface area contributed by atoms with Crippen LogP contribution in [0.3, 0.4) is 0 Å². The summed E-state index contributed by atoms with van der Waals surface area (Å²) in [6.45, 7) is 2.07. The van der Waals surface area contributed by atoms with Gasteiger partial charge in [0.25, 0.3) is 0 Å². The van der Waals surface area contributed by atoms with E-state index in [1.54, 1.807) is 11.3 Å². The molecule has 0 fully saturated rings. The molecule has 1 aromatic carbocycles. The molecule has 3 atom stereocenters. The van der Waals surface area contributed by atoms with Crippen LogP contribution >= 0.6 is 11.3 Å². The van der Waals surface area contributed by atoms with E-state index < -0.39 is 12.2 Å². The van der Waals surface area contributed by atoms with Crippen molar-refractivity contribution in [3.05, 3.63) is 41.3 Å². The Morgan fingerprint density at radius 2 is 2.06 bits per heavy atom. The molecule has 18 heavy (non-hydrogen) atoms. The van der Waals surface area contributed by atoms with Gasteiger partial charge < -0.3 is 10.2 Å². The van der Waals surface area contributed by atoms with Gasteiger partial charge in [0.1, 0.15) is 6.10 Å². The normalized spacial score (nSPS) is 28.4. The second kappa shape index (κ2) is 4.50. The number of fused-ring (bicyclic) bond motifs is 1. The molecule has 2 N–H and O–H groups in total. The highest BCUT2D eigenvalue weighted by Gasteiger charge is 2.28. The molecule has 0 spiro atoms. The number of aliphatic hydroxyl groups excluding tert-OH is 2. The Hall–Kier alpha value is -1.16. The topological polar surface area (TPSA) is 40.5 Å². The predicted octanol–water partition coefficient (Wildman–Crippen LogP) is 3.05. The second-order valence-electron chi connectivity index (χ2n) is 5.02. The van der Waals surface area contributed by atoms with Crippen molar-refractivity contribution in [1.29, 1.82) is 0 Å². The molecule has 94 valence electrons. The first kappa shape index (κ1) is 11.9. The lowest BCUT2D eigenvalue weighted by atomic mass is 9.84. The van der Waals surface area contributed by atoms with Gasteiger partial charge in [0.15, 0.2) is 0 Å². The van der Waals surface area contributed by atoms with Crippen LogP contribution in [-0.2, 0) is 0 Å². The van der Waals surface area contributed by atoms with Gasteiger partial charge in [-0.3, -0.25) is 0 Å². The standard InChI is InChI=1S/C15H16O2S/c1-9-6-12(15(17)13(16)7-9)10-2-3-14-11(8-10)4-5-18-14/h2-6,8-9,13,15-17H,7H2,1H3. The minimum Gasteiger partial charge on any atom is -0.390 e. The van der Waals surface area contributed by atoms with E-state index in [2.05, 4.69) is 36.6 Å². The third-order valence-electron chi connectivity index (χ3n) is 3.55. The van der Waals surface area contributed by atoms with Crippen LogP contribution in [0.4, 0.5) is 0 Å². The van der Waals surface area contributed by atoms with Gasteiger partial charge in [0, 0.05) is 4.70 Å². The zero-order valence-corrected chi connectivity index (χ0v) is 11.0. The molecule has 0 saturated heterocycles. The van der Waals surface area contributed by atoms with Crippen molar-refractivity contribution in [3.8, 4) is 0 Å². The molecule has 0 radical (unpaired) electrons. The van der Waals surface area contributed by atoms with Crippen LogP contribution in [0.15, 0.2) is 35.7 Å². The summed E-state index contributed by atoms with van der Waals surface area (Å²) >= 11 is 1.71. The Labute approximate surface area is 110 Å². The van der Waals surface area contributed by atoms with Gasteiger partial charge in [-0.25, -0.2) is 0 Å². The van der Waals surface area contributed by atoms with Gasteiger partial charge in [-0.2, -0.15) is 0 Å². The fourth-order valence-electron chi connectivity index (χ4n) is 2.60. The molecule has 1 aliphatic rings. The molecule has 3 rings (SSSR count). The zero-order chi connectivity index (χ0) is 12.7. The minimum atomic E-state index is -0.766. The number of hydrogen-bond donors (Lipinski definition) is 2. The highest BCUT2D eigenvalue weighted by atomic mass is 32.1. The Balaban J connectivity index is 2.07. The maximum Gasteiger partial charge on any atom is 0.105 e. The molecular weight excluding hydrogens is 244 g/mol. The van der Waals surface area contributed by atoms with Crippen LogP contribution in [0.5, 0.6) is 0 Å². The molecule has 2 nitrogen and oxygen atoms in total. The van der Waals surface area contributed by atoms with Crippen LogP contribution in [0.25, 0.3) is 15.7 Å². The maximum absolute atomic E-state index is 10.1. The summed E-state index contributed by atoms with van der Waals surface area (Å²) in [7, 11) is 0. The fourth-order valence-corrected chi connectivity index (χ4v) is 3.37. The van der Waals surface area contributed by atoms with E-state index in [0.29, 0.717) is 12.3 Å². The highest BCUT2D eigenvalue weighted by molar-refractivity contribution is 7.17. The molecule has 0 aliphatic heterocycles. The zero-order valence-electron chi connectivity index (χ0n) is 10.2. The van der Waals surface area contributed by atoms with Gasteiger partial charge in [-0.1, -0.05) is 19.1 Å². The van der Waals surface area contributed by atoms with Crippen LogP contribution in [0.2, 0.25) is 0 Å². The molecule has 1 aromatic heterocycles. The van der Waals surface area contributed by atoms with Crippen molar-refractivity contribution in [3.63, 3.8) is 0 Å². The number of thiophene rings is 1. The van der Waals surface area contributed by atoms with E-state index in [4.69, 9.17) is 0 Å². The lowest BCUT2D eigenvalue weighted by molar-refractivity contribution is 0.0369.